The average Bonchev–Trinajstić information content (AvgIpc) is 3.15. The van der Waals surface area contributed by atoms with Crippen LogP contribution in [0.2, 0.25) is 0 Å². The van der Waals surface area contributed by atoms with Crippen LogP contribution in [0.3, 0.4) is 0 Å². The monoisotopic (exact) mass is 389 g/mol. The number of rotatable bonds is 7. The number of ether oxygens (including phenoxy) is 1. The largest absolute Gasteiger partial charge is 0.497 e. The normalized spacial score (nSPS) is 16.6. The maximum Gasteiger partial charge on any atom is 0.251 e. The second-order valence-corrected chi connectivity index (χ2v) is 8.04. The Morgan fingerprint density at radius 3 is 2.36 bits per heavy atom. The van der Waals surface area contributed by atoms with Gasteiger partial charge in [-0.1, -0.05) is 20.8 Å². The third-order valence-corrected chi connectivity index (χ3v) is 4.75. The number of carbonyl (C=O) groups is 3. The van der Waals surface area contributed by atoms with Gasteiger partial charge in [-0.3, -0.25) is 14.4 Å². The molecule has 7 nitrogen and oxygen atoms in total. The highest BCUT2D eigenvalue weighted by molar-refractivity contribution is 5.94. The van der Waals surface area contributed by atoms with Crippen molar-refractivity contribution in [3.63, 3.8) is 0 Å². The molecule has 1 aromatic carbocycles. The minimum atomic E-state index is -0.491. The number of methoxy groups -OCH3 is 1. The quantitative estimate of drug-likeness (QED) is 0.698. The Balaban J connectivity index is 1.71. The molecule has 0 radical (unpaired) electrons. The molecule has 1 aliphatic rings. The van der Waals surface area contributed by atoms with Crippen molar-refractivity contribution in [1.29, 1.82) is 0 Å². The first kappa shape index (κ1) is 21.7. The first-order valence-electron chi connectivity index (χ1n) is 9.75. The molecule has 2 N–H and O–H groups in total. The molecule has 1 fully saturated rings. The van der Waals surface area contributed by atoms with Crippen LogP contribution in [-0.2, 0) is 9.59 Å². The van der Waals surface area contributed by atoms with Crippen LogP contribution in [0, 0.1) is 5.41 Å². The SMILES string of the molecule is COc1ccc(C(=O)NCCCNC(=O)[C@@H]2CCCN2C(=O)C(C)(C)C)cc1. The zero-order chi connectivity index (χ0) is 20.7. The molecule has 1 heterocycles. The van der Waals surface area contributed by atoms with Crippen molar-refractivity contribution >= 4 is 17.7 Å². The van der Waals surface area contributed by atoms with Crippen LogP contribution in [0.1, 0.15) is 50.4 Å². The van der Waals surface area contributed by atoms with Crippen LogP contribution < -0.4 is 15.4 Å². The Kier molecular flexibility index (Phi) is 7.43. The molecule has 1 aromatic rings. The molecule has 1 atom stereocenters. The van der Waals surface area contributed by atoms with E-state index in [1.807, 2.05) is 20.8 Å². The van der Waals surface area contributed by atoms with Crippen molar-refractivity contribution < 1.29 is 19.1 Å². The molecule has 0 aromatic heterocycles. The Morgan fingerprint density at radius 2 is 1.75 bits per heavy atom. The summed E-state index contributed by atoms with van der Waals surface area (Å²) in [5.74, 6) is 0.436. The van der Waals surface area contributed by atoms with Gasteiger partial charge in [-0.05, 0) is 43.5 Å². The van der Waals surface area contributed by atoms with Crippen molar-refractivity contribution in [3.05, 3.63) is 29.8 Å². The summed E-state index contributed by atoms with van der Waals surface area (Å²) in [5, 5.41) is 5.72. The minimum absolute atomic E-state index is 0.0110. The second kappa shape index (κ2) is 9.57. The van der Waals surface area contributed by atoms with E-state index >= 15 is 0 Å². The van der Waals surface area contributed by atoms with Crippen LogP contribution in [0.15, 0.2) is 24.3 Å². The average molecular weight is 389 g/mol. The second-order valence-electron chi connectivity index (χ2n) is 8.04. The minimum Gasteiger partial charge on any atom is -0.497 e. The van der Waals surface area contributed by atoms with Gasteiger partial charge < -0.3 is 20.3 Å². The molecule has 28 heavy (non-hydrogen) atoms. The fourth-order valence-corrected chi connectivity index (χ4v) is 3.18. The summed E-state index contributed by atoms with van der Waals surface area (Å²) < 4.78 is 5.07. The Morgan fingerprint density at radius 1 is 1.11 bits per heavy atom. The first-order valence-corrected chi connectivity index (χ1v) is 9.75. The number of hydrogen-bond donors (Lipinski definition) is 2. The summed E-state index contributed by atoms with van der Waals surface area (Å²) in [7, 11) is 1.58. The molecule has 0 bridgehead atoms. The Hall–Kier alpha value is -2.57. The van der Waals surface area contributed by atoms with Crippen LogP contribution >= 0.6 is 0 Å². The summed E-state index contributed by atoms with van der Waals surface area (Å²) in [6.07, 6.45) is 2.16. The van der Waals surface area contributed by atoms with E-state index in [1.54, 1.807) is 36.3 Å². The van der Waals surface area contributed by atoms with E-state index < -0.39 is 5.41 Å². The molecule has 2 rings (SSSR count). The first-order chi connectivity index (χ1) is 13.2. The molecule has 0 spiro atoms. The molecule has 0 unspecified atom stereocenters. The number of nitrogens with one attached hydrogen (secondary N) is 2. The van der Waals surface area contributed by atoms with Crippen molar-refractivity contribution in [3.8, 4) is 5.75 Å². The van der Waals surface area contributed by atoms with Crippen molar-refractivity contribution in [2.24, 2.45) is 5.41 Å². The lowest BCUT2D eigenvalue weighted by molar-refractivity contribution is -0.144. The number of amides is 3. The molecule has 0 saturated carbocycles. The molecule has 0 aliphatic carbocycles. The molecule has 7 heteroatoms. The maximum atomic E-state index is 12.5. The highest BCUT2D eigenvalue weighted by Gasteiger charge is 2.38. The third kappa shape index (κ3) is 5.71. The van der Waals surface area contributed by atoms with Gasteiger partial charge in [-0.2, -0.15) is 0 Å². The standard InChI is InChI=1S/C21H31N3O4/c1-21(2,3)20(27)24-14-5-7-17(24)19(26)23-13-6-12-22-18(25)15-8-10-16(28-4)11-9-15/h8-11,17H,5-7,12-14H2,1-4H3,(H,22,25)(H,23,26)/t17-/m0/s1. The van der Waals surface area contributed by atoms with Gasteiger partial charge in [0.25, 0.3) is 5.91 Å². The number of benzene rings is 1. The van der Waals surface area contributed by atoms with Gasteiger partial charge in [0.2, 0.25) is 11.8 Å². The zero-order valence-corrected chi connectivity index (χ0v) is 17.2. The molecule has 1 aliphatic heterocycles. The highest BCUT2D eigenvalue weighted by atomic mass is 16.5. The lowest BCUT2D eigenvalue weighted by Gasteiger charge is -2.30. The fourth-order valence-electron chi connectivity index (χ4n) is 3.18. The molecular weight excluding hydrogens is 358 g/mol. The van der Waals surface area contributed by atoms with E-state index in [0.717, 1.165) is 6.42 Å². The summed E-state index contributed by atoms with van der Waals surface area (Å²) in [6, 6.07) is 6.50. The number of carbonyl (C=O) groups excluding carboxylic acids is 3. The van der Waals surface area contributed by atoms with Gasteiger partial charge in [0.15, 0.2) is 0 Å². The van der Waals surface area contributed by atoms with Gasteiger partial charge in [-0.15, -0.1) is 0 Å². The van der Waals surface area contributed by atoms with Crippen molar-refractivity contribution in [2.45, 2.75) is 46.1 Å². The van der Waals surface area contributed by atoms with E-state index in [2.05, 4.69) is 10.6 Å². The predicted octanol–water partition coefficient (Wildman–Crippen LogP) is 1.97. The third-order valence-electron chi connectivity index (χ3n) is 4.75. The van der Waals surface area contributed by atoms with Crippen LogP contribution in [0.4, 0.5) is 0 Å². The molecular formula is C21H31N3O4. The summed E-state index contributed by atoms with van der Waals surface area (Å²) >= 11 is 0. The van der Waals surface area contributed by atoms with Crippen LogP contribution in [-0.4, -0.2) is 55.4 Å². The topological polar surface area (TPSA) is 87.7 Å². The summed E-state index contributed by atoms with van der Waals surface area (Å²) in [6.45, 7) is 7.15. The van der Waals surface area contributed by atoms with E-state index in [-0.39, 0.29) is 23.8 Å². The lowest BCUT2D eigenvalue weighted by atomic mass is 9.94. The van der Waals surface area contributed by atoms with Gasteiger partial charge in [0.1, 0.15) is 11.8 Å². The van der Waals surface area contributed by atoms with Gasteiger partial charge in [-0.25, -0.2) is 0 Å². The smallest absolute Gasteiger partial charge is 0.251 e. The highest BCUT2D eigenvalue weighted by Crippen LogP contribution is 2.25. The van der Waals surface area contributed by atoms with Gasteiger partial charge in [0.05, 0.1) is 7.11 Å². The Labute approximate surface area is 166 Å². The fraction of sp³-hybridized carbons (Fsp3) is 0.571. The Bertz CT molecular complexity index is 695. The van der Waals surface area contributed by atoms with Crippen LogP contribution in [0.25, 0.3) is 0 Å². The van der Waals surface area contributed by atoms with E-state index in [9.17, 15) is 14.4 Å². The zero-order valence-electron chi connectivity index (χ0n) is 17.2. The van der Waals surface area contributed by atoms with Crippen molar-refractivity contribution in [1.82, 2.24) is 15.5 Å². The van der Waals surface area contributed by atoms with Gasteiger partial charge >= 0.3 is 0 Å². The molecule has 1 saturated heterocycles. The van der Waals surface area contributed by atoms with Gasteiger partial charge in [0, 0.05) is 30.6 Å². The summed E-state index contributed by atoms with van der Waals surface area (Å²) in [4.78, 5) is 38.7. The molecule has 3 amide bonds. The van der Waals surface area contributed by atoms with Crippen LogP contribution in [0.5, 0.6) is 5.75 Å². The van der Waals surface area contributed by atoms with E-state index in [1.165, 1.54) is 0 Å². The van der Waals surface area contributed by atoms with E-state index in [0.29, 0.717) is 43.8 Å². The number of hydrogen-bond acceptors (Lipinski definition) is 4. The number of nitrogens with zero attached hydrogens (tertiary/aromatic N) is 1. The predicted molar refractivity (Wildman–Crippen MR) is 107 cm³/mol. The van der Waals surface area contributed by atoms with Crippen molar-refractivity contribution in [2.75, 3.05) is 26.7 Å². The maximum absolute atomic E-state index is 12.5. The number of likely N-dealkylation sites (tertiary alicyclic amines) is 1. The lowest BCUT2D eigenvalue weighted by Crippen LogP contribution is -2.49. The van der Waals surface area contributed by atoms with E-state index in [4.69, 9.17) is 4.74 Å². The summed E-state index contributed by atoms with van der Waals surface area (Å²) in [5.41, 5.74) is 0.0707. The molecule has 154 valence electrons.